The highest BCUT2D eigenvalue weighted by Gasteiger charge is 2.08. The Labute approximate surface area is 114 Å². The molecule has 0 spiro atoms. The average Bonchev–Trinajstić information content (AvgIpc) is 2.37. The van der Waals surface area contributed by atoms with E-state index in [2.05, 4.69) is 24.0 Å². The van der Waals surface area contributed by atoms with Crippen LogP contribution in [0.4, 0.5) is 0 Å². The lowest BCUT2D eigenvalue weighted by molar-refractivity contribution is 0.301. The minimum Gasteiger partial charge on any atom is -0.489 e. The van der Waals surface area contributed by atoms with Gasteiger partial charge >= 0.3 is 0 Å². The van der Waals surface area contributed by atoms with Gasteiger partial charge in [-0.3, -0.25) is 4.98 Å². The maximum absolute atomic E-state index is 5.98. The number of nitrogens with zero attached hydrogens (tertiary/aromatic N) is 1. The van der Waals surface area contributed by atoms with Crippen LogP contribution < -0.4 is 10.5 Å². The number of hydrogen-bond donors (Lipinski definition) is 1. The Balaban J connectivity index is 2.15. The van der Waals surface area contributed by atoms with Gasteiger partial charge in [-0.25, -0.2) is 0 Å². The van der Waals surface area contributed by atoms with Crippen LogP contribution >= 0.6 is 0 Å². The van der Waals surface area contributed by atoms with Crippen molar-refractivity contribution in [1.82, 2.24) is 4.98 Å². The molecule has 1 atom stereocenters. The first-order chi connectivity index (χ1) is 9.06. The minimum absolute atomic E-state index is 0.0365. The smallest absolute Gasteiger partial charge is 0.124 e. The van der Waals surface area contributed by atoms with Crippen molar-refractivity contribution in [3.8, 4) is 5.75 Å². The minimum atomic E-state index is -0.0365. The Morgan fingerprint density at radius 2 is 1.95 bits per heavy atom. The molecule has 0 bridgehead atoms. The van der Waals surface area contributed by atoms with Gasteiger partial charge in [0.05, 0.1) is 0 Å². The number of ether oxygens (including phenoxy) is 1. The quantitative estimate of drug-likeness (QED) is 0.913. The van der Waals surface area contributed by atoms with Crippen LogP contribution in [0.25, 0.3) is 0 Å². The van der Waals surface area contributed by atoms with Crippen LogP contribution in [-0.2, 0) is 6.61 Å². The van der Waals surface area contributed by atoms with Crippen molar-refractivity contribution in [1.29, 1.82) is 0 Å². The molecule has 2 rings (SSSR count). The fourth-order valence-corrected chi connectivity index (χ4v) is 2.01. The van der Waals surface area contributed by atoms with Gasteiger partial charge in [-0.1, -0.05) is 17.7 Å². The molecule has 1 aromatic heterocycles. The second kappa shape index (κ2) is 5.85. The van der Waals surface area contributed by atoms with Crippen molar-refractivity contribution in [2.24, 2.45) is 5.73 Å². The third-order valence-electron chi connectivity index (χ3n) is 2.98. The lowest BCUT2D eigenvalue weighted by Crippen LogP contribution is -2.08. The van der Waals surface area contributed by atoms with E-state index in [4.69, 9.17) is 10.5 Å². The fourth-order valence-electron chi connectivity index (χ4n) is 2.01. The van der Waals surface area contributed by atoms with Crippen molar-refractivity contribution >= 4 is 0 Å². The van der Waals surface area contributed by atoms with Gasteiger partial charge in [0.15, 0.2) is 0 Å². The van der Waals surface area contributed by atoms with Gasteiger partial charge in [-0.15, -0.1) is 0 Å². The molecular formula is C16H20N2O. The van der Waals surface area contributed by atoms with E-state index in [1.807, 2.05) is 38.4 Å². The monoisotopic (exact) mass is 256 g/mol. The molecule has 0 aliphatic carbocycles. The van der Waals surface area contributed by atoms with E-state index in [0.29, 0.717) is 6.61 Å². The third kappa shape index (κ3) is 3.55. The lowest BCUT2D eigenvalue weighted by atomic mass is 10.1. The standard InChI is InChI=1S/C16H20N2O/c1-11-4-5-16(15(7-11)13(3)17)19-10-14-6-12(2)8-18-9-14/h4-9,13H,10,17H2,1-3H3. The fraction of sp³-hybridized carbons (Fsp3) is 0.312. The maximum Gasteiger partial charge on any atom is 0.124 e. The van der Waals surface area contributed by atoms with E-state index >= 15 is 0 Å². The number of hydrogen-bond acceptors (Lipinski definition) is 3. The normalized spacial score (nSPS) is 12.2. The zero-order valence-corrected chi connectivity index (χ0v) is 11.7. The Bertz CT molecular complexity index is 564. The number of aryl methyl sites for hydroxylation is 2. The lowest BCUT2D eigenvalue weighted by Gasteiger charge is -2.15. The van der Waals surface area contributed by atoms with Crippen LogP contribution in [0.3, 0.4) is 0 Å². The van der Waals surface area contributed by atoms with Crippen molar-refractivity contribution < 1.29 is 4.74 Å². The number of benzene rings is 1. The number of rotatable bonds is 4. The molecule has 0 saturated carbocycles. The van der Waals surface area contributed by atoms with E-state index in [-0.39, 0.29) is 6.04 Å². The molecule has 100 valence electrons. The topological polar surface area (TPSA) is 48.1 Å². The van der Waals surface area contributed by atoms with Crippen LogP contribution in [-0.4, -0.2) is 4.98 Å². The summed E-state index contributed by atoms with van der Waals surface area (Å²) in [6.45, 7) is 6.56. The largest absolute Gasteiger partial charge is 0.489 e. The number of aromatic nitrogens is 1. The van der Waals surface area contributed by atoms with Crippen LogP contribution in [0.5, 0.6) is 5.75 Å². The highest BCUT2D eigenvalue weighted by Crippen LogP contribution is 2.25. The van der Waals surface area contributed by atoms with E-state index in [1.54, 1.807) is 0 Å². The van der Waals surface area contributed by atoms with E-state index in [9.17, 15) is 0 Å². The highest BCUT2D eigenvalue weighted by atomic mass is 16.5. The molecule has 0 aliphatic rings. The number of pyridine rings is 1. The zero-order valence-electron chi connectivity index (χ0n) is 11.7. The average molecular weight is 256 g/mol. The summed E-state index contributed by atoms with van der Waals surface area (Å²) in [5, 5.41) is 0. The van der Waals surface area contributed by atoms with Crippen LogP contribution in [0.1, 0.15) is 35.2 Å². The maximum atomic E-state index is 5.98. The summed E-state index contributed by atoms with van der Waals surface area (Å²) in [7, 11) is 0. The molecule has 0 amide bonds. The summed E-state index contributed by atoms with van der Waals surface area (Å²) in [6.07, 6.45) is 3.66. The van der Waals surface area contributed by atoms with Crippen molar-refractivity contribution in [2.45, 2.75) is 33.4 Å². The molecule has 19 heavy (non-hydrogen) atoms. The second-order valence-corrected chi connectivity index (χ2v) is 4.99. The summed E-state index contributed by atoms with van der Waals surface area (Å²) in [4.78, 5) is 4.16. The summed E-state index contributed by atoms with van der Waals surface area (Å²) < 4.78 is 5.87. The summed E-state index contributed by atoms with van der Waals surface area (Å²) >= 11 is 0. The predicted octanol–water partition coefficient (Wildman–Crippen LogP) is 3.30. The molecule has 1 aromatic carbocycles. The van der Waals surface area contributed by atoms with Gasteiger partial charge in [0.25, 0.3) is 0 Å². The van der Waals surface area contributed by atoms with Gasteiger partial charge < -0.3 is 10.5 Å². The Kier molecular flexibility index (Phi) is 4.17. The zero-order chi connectivity index (χ0) is 13.8. The van der Waals surface area contributed by atoms with Crippen molar-refractivity contribution in [2.75, 3.05) is 0 Å². The second-order valence-electron chi connectivity index (χ2n) is 4.99. The SMILES string of the molecule is Cc1cncc(COc2ccc(C)cc2C(C)N)c1. The molecule has 2 N–H and O–H groups in total. The van der Waals surface area contributed by atoms with Crippen molar-refractivity contribution in [3.05, 3.63) is 58.9 Å². The first kappa shape index (κ1) is 13.6. The van der Waals surface area contributed by atoms with Gasteiger partial charge in [-0.05, 0) is 38.5 Å². The Morgan fingerprint density at radius 3 is 2.63 bits per heavy atom. The van der Waals surface area contributed by atoms with E-state index in [1.165, 1.54) is 5.56 Å². The van der Waals surface area contributed by atoms with Gasteiger partial charge in [0.1, 0.15) is 12.4 Å². The van der Waals surface area contributed by atoms with Gasteiger partial charge in [0.2, 0.25) is 0 Å². The van der Waals surface area contributed by atoms with Crippen LogP contribution in [0.15, 0.2) is 36.7 Å². The van der Waals surface area contributed by atoms with E-state index < -0.39 is 0 Å². The Hall–Kier alpha value is -1.87. The van der Waals surface area contributed by atoms with Gasteiger partial charge in [-0.2, -0.15) is 0 Å². The molecule has 3 heteroatoms. The molecule has 0 aliphatic heterocycles. The summed E-state index contributed by atoms with van der Waals surface area (Å²) in [5.41, 5.74) is 10.4. The summed E-state index contributed by atoms with van der Waals surface area (Å²) in [6, 6.07) is 8.14. The van der Waals surface area contributed by atoms with E-state index in [0.717, 1.165) is 22.4 Å². The highest BCUT2D eigenvalue weighted by molar-refractivity contribution is 5.39. The molecule has 0 radical (unpaired) electrons. The number of nitrogens with two attached hydrogens (primary N) is 1. The summed E-state index contributed by atoms with van der Waals surface area (Å²) in [5.74, 6) is 0.849. The first-order valence-electron chi connectivity index (χ1n) is 6.45. The molecule has 2 aromatic rings. The van der Waals surface area contributed by atoms with Crippen LogP contribution in [0, 0.1) is 13.8 Å². The molecule has 0 saturated heterocycles. The van der Waals surface area contributed by atoms with Crippen LogP contribution in [0.2, 0.25) is 0 Å². The van der Waals surface area contributed by atoms with Crippen molar-refractivity contribution in [3.63, 3.8) is 0 Å². The Morgan fingerprint density at radius 1 is 1.16 bits per heavy atom. The molecular weight excluding hydrogens is 236 g/mol. The third-order valence-corrected chi connectivity index (χ3v) is 2.98. The first-order valence-corrected chi connectivity index (χ1v) is 6.45. The predicted molar refractivity (Wildman–Crippen MR) is 77.1 cm³/mol. The molecule has 1 unspecified atom stereocenters. The molecule has 0 fully saturated rings. The molecule has 1 heterocycles. The van der Waals surface area contributed by atoms with Gasteiger partial charge in [0, 0.05) is 29.6 Å². The molecule has 3 nitrogen and oxygen atoms in total.